The molecule has 2 aromatic carbocycles. The summed E-state index contributed by atoms with van der Waals surface area (Å²) in [5, 5.41) is 5.75. The quantitative estimate of drug-likeness (QED) is 0.395. The van der Waals surface area contributed by atoms with Gasteiger partial charge in [0.15, 0.2) is 0 Å². The van der Waals surface area contributed by atoms with Crippen molar-refractivity contribution in [3.8, 4) is 11.1 Å². The number of anilines is 1. The number of nitrogens with one attached hydrogen (secondary N) is 1. The molecule has 1 heterocycles. The maximum Gasteiger partial charge on any atom is 0.341 e. The molecule has 0 radical (unpaired) electrons. The first-order valence-corrected chi connectivity index (χ1v) is 10.2. The molecule has 3 rings (SSSR count). The Kier molecular flexibility index (Phi) is 6.52. The van der Waals surface area contributed by atoms with Gasteiger partial charge in [0, 0.05) is 22.0 Å². The van der Waals surface area contributed by atoms with E-state index >= 15 is 0 Å². The number of carbonyl (C=O) groups is 2. The maximum atomic E-state index is 12.5. The lowest BCUT2D eigenvalue weighted by molar-refractivity contribution is -0.111. The van der Waals surface area contributed by atoms with Gasteiger partial charge in [0.05, 0.1) is 7.11 Å². The van der Waals surface area contributed by atoms with Crippen LogP contribution in [0.1, 0.15) is 27.0 Å². The predicted molar refractivity (Wildman–Crippen MR) is 120 cm³/mol. The summed E-state index contributed by atoms with van der Waals surface area (Å²) in [6.45, 7) is 3.98. The first kappa shape index (κ1) is 20.8. The van der Waals surface area contributed by atoms with Crippen molar-refractivity contribution in [2.45, 2.75) is 13.8 Å². The van der Waals surface area contributed by atoms with Crippen molar-refractivity contribution in [3.05, 3.63) is 81.2 Å². The Balaban J connectivity index is 1.90. The Labute approximate surface area is 178 Å². The number of aryl methyl sites for hydroxylation is 2. The van der Waals surface area contributed by atoms with Crippen LogP contribution in [0.15, 0.2) is 53.9 Å². The summed E-state index contributed by atoms with van der Waals surface area (Å²) in [7, 11) is 1.33. The lowest BCUT2D eigenvalue weighted by atomic mass is 9.97. The molecule has 0 spiro atoms. The smallest absolute Gasteiger partial charge is 0.341 e. The summed E-state index contributed by atoms with van der Waals surface area (Å²) in [6, 6.07) is 13.2. The van der Waals surface area contributed by atoms with E-state index in [4.69, 9.17) is 16.3 Å². The lowest BCUT2D eigenvalue weighted by Gasteiger charge is -2.09. The Morgan fingerprint density at radius 2 is 1.79 bits per heavy atom. The number of rotatable bonds is 5. The van der Waals surface area contributed by atoms with Crippen LogP contribution in [0.3, 0.4) is 0 Å². The van der Waals surface area contributed by atoms with Crippen molar-refractivity contribution in [2.75, 3.05) is 12.4 Å². The van der Waals surface area contributed by atoms with E-state index in [-0.39, 0.29) is 5.91 Å². The Morgan fingerprint density at radius 1 is 1.07 bits per heavy atom. The molecule has 0 atom stereocenters. The van der Waals surface area contributed by atoms with Gasteiger partial charge in [0.2, 0.25) is 5.91 Å². The maximum absolute atomic E-state index is 12.5. The van der Waals surface area contributed by atoms with Gasteiger partial charge >= 0.3 is 5.97 Å². The highest BCUT2D eigenvalue weighted by Gasteiger charge is 2.22. The number of thiophene rings is 1. The number of esters is 1. The normalized spacial score (nSPS) is 10.9. The van der Waals surface area contributed by atoms with E-state index in [1.807, 2.05) is 49.6 Å². The van der Waals surface area contributed by atoms with Gasteiger partial charge in [-0.15, -0.1) is 11.3 Å². The van der Waals surface area contributed by atoms with E-state index in [0.29, 0.717) is 15.6 Å². The van der Waals surface area contributed by atoms with Crippen LogP contribution in [0.2, 0.25) is 5.02 Å². The minimum atomic E-state index is -0.487. The Morgan fingerprint density at radius 3 is 2.48 bits per heavy atom. The molecule has 0 aliphatic heterocycles. The highest BCUT2D eigenvalue weighted by atomic mass is 35.5. The van der Waals surface area contributed by atoms with Gasteiger partial charge in [-0.2, -0.15) is 0 Å². The molecule has 29 heavy (non-hydrogen) atoms. The second-order valence-corrected chi connectivity index (χ2v) is 7.85. The monoisotopic (exact) mass is 425 g/mol. The average molecular weight is 426 g/mol. The summed E-state index contributed by atoms with van der Waals surface area (Å²) in [6.07, 6.45) is 3.10. The molecule has 0 saturated carbocycles. The van der Waals surface area contributed by atoms with E-state index < -0.39 is 5.97 Å². The molecule has 0 aliphatic carbocycles. The third kappa shape index (κ3) is 4.94. The first-order valence-electron chi connectivity index (χ1n) is 8.91. The topological polar surface area (TPSA) is 55.4 Å². The summed E-state index contributed by atoms with van der Waals surface area (Å²) in [4.78, 5) is 24.9. The molecule has 0 bridgehead atoms. The van der Waals surface area contributed by atoms with E-state index in [0.717, 1.165) is 27.8 Å². The number of amides is 1. The Bertz CT molecular complexity index is 1080. The fraction of sp³-hybridized carbons (Fsp3) is 0.130. The lowest BCUT2D eigenvalue weighted by Crippen LogP contribution is -2.11. The van der Waals surface area contributed by atoms with Gasteiger partial charge in [0.1, 0.15) is 10.6 Å². The van der Waals surface area contributed by atoms with Gasteiger partial charge in [-0.25, -0.2) is 4.79 Å². The highest BCUT2D eigenvalue weighted by Crippen LogP contribution is 2.38. The fourth-order valence-electron chi connectivity index (χ4n) is 2.88. The van der Waals surface area contributed by atoms with E-state index in [1.165, 1.54) is 24.5 Å². The molecule has 1 N–H and O–H groups in total. The van der Waals surface area contributed by atoms with Gasteiger partial charge in [-0.05, 0) is 48.7 Å². The van der Waals surface area contributed by atoms with Gasteiger partial charge in [-0.3, -0.25) is 4.79 Å². The second kappa shape index (κ2) is 9.07. The van der Waals surface area contributed by atoms with Crippen molar-refractivity contribution >= 4 is 45.9 Å². The second-order valence-electron chi connectivity index (χ2n) is 6.54. The van der Waals surface area contributed by atoms with Crippen molar-refractivity contribution in [1.29, 1.82) is 0 Å². The van der Waals surface area contributed by atoms with Crippen LogP contribution in [-0.2, 0) is 9.53 Å². The van der Waals surface area contributed by atoms with E-state index in [2.05, 4.69) is 5.32 Å². The van der Waals surface area contributed by atoms with Crippen LogP contribution in [0, 0.1) is 13.8 Å². The molecule has 1 aromatic heterocycles. The van der Waals surface area contributed by atoms with Gasteiger partial charge in [-0.1, -0.05) is 47.5 Å². The zero-order chi connectivity index (χ0) is 21.0. The molecule has 0 saturated heterocycles. The summed E-state index contributed by atoms with van der Waals surface area (Å²) < 4.78 is 4.98. The van der Waals surface area contributed by atoms with Crippen LogP contribution in [-0.4, -0.2) is 19.0 Å². The number of methoxy groups -OCH3 is 1. The third-order valence-corrected chi connectivity index (χ3v) is 5.55. The minimum Gasteiger partial charge on any atom is -0.465 e. The van der Waals surface area contributed by atoms with Crippen LogP contribution in [0.25, 0.3) is 17.2 Å². The zero-order valence-electron chi connectivity index (χ0n) is 16.3. The largest absolute Gasteiger partial charge is 0.465 e. The number of hydrogen-bond acceptors (Lipinski definition) is 4. The van der Waals surface area contributed by atoms with E-state index in [9.17, 15) is 9.59 Å². The summed E-state index contributed by atoms with van der Waals surface area (Å²) in [5.74, 6) is -0.821. The third-order valence-electron chi connectivity index (χ3n) is 4.40. The predicted octanol–water partition coefficient (Wildman–Crippen LogP) is 6.12. The molecule has 3 aromatic rings. The van der Waals surface area contributed by atoms with Gasteiger partial charge < -0.3 is 10.1 Å². The molecule has 0 unspecified atom stereocenters. The number of benzene rings is 2. The van der Waals surface area contributed by atoms with Crippen LogP contribution >= 0.6 is 22.9 Å². The van der Waals surface area contributed by atoms with Crippen molar-refractivity contribution in [3.63, 3.8) is 0 Å². The minimum absolute atomic E-state index is 0.334. The average Bonchev–Trinajstić information content (AvgIpc) is 3.12. The van der Waals surface area contributed by atoms with Gasteiger partial charge in [0.25, 0.3) is 0 Å². The molecule has 148 valence electrons. The number of carbonyl (C=O) groups excluding carboxylic acids is 2. The first-order chi connectivity index (χ1) is 13.9. The van der Waals surface area contributed by atoms with Crippen molar-refractivity contribution < 1.29 is 14.3 Å². The number of halogens is 1. The standard InChI is InChI=1S/C23H20ClNO3S/c1-14-4-5-15(2)18(12-14)19-13-29-22(21(19)23(27)28-3)25-20(26)11-8-16-6-9-17(24)10-7-16/h4-13H,1-3H3,(H,25,26)/b11-8+. The summed E-state index contributed by atoms with van der Waals surface area (Å²) in [5.41, 5.74) is 5.03. The molecular formula is C23H20ClNO3S. The van der Waals surface area contributed by atoms with Crippen LogP contribution in [0.5, 0.6) is 0 Å². The number of ether oxygens (including phenoxy) is 1. The summed E-state index contributed by atoms with van der Waals surface area (Å²) >= 11 is 7.17. The zero-order valence-corrected chi connectivity index (χ0v) is 17.9. The molecule has 4 nitrogen and oxygen atoms in total. The number of hydrogen-bond donors (Lipinski definition) is 1. The SMILES string of the molecule is COC(=O)c1c(-c2cc(C)ccc2C)csc1NC(=O)/C=C/c1ccc(Cl)cc1. The molecule has 0 aliphatic rings. The van der Waals surface area contributed by atoms with Crippen LogP contribution in [0.4, 0.5) is 5.00 Å². The molecule has 0 fully saturated rings. The van der Waals surface area contributed by atoms with Crippen LogP contribution < -0.4 is 5.32 Å². The Hall–Kier alpha value is -2.89. The molecule has 6 heteroatoms. The van der Waals surface area contributed by atoms with Crippen molar-refractivity contribution in [2.24, 2.45) is 0 Å². The van der Waals surface area contributed by atoms with Crippen molar-refractivity contribution in [1.82, 2.24) is 0 Å². The fourth-order valence-corrected chi connectivity index (χ4v) is 3.96. The highest BCUT2D eigenvalue weighted by molar-refractivity contribution is 7.15. The van der Waals surface area contributed by atoms with E-state index in [1.54, 1.807) is 18.2 Å². The molecular weight excluding hydrogens is 406 g/mol. The molecule has 1 amide bonds.